The van der Waals surface area contributed by atoms with Crippen LogP contribution in [0.25, 0.3) is 11.3 Å². The zero-order valence-corrected chi connectivity index (χ0v) is 46.9. The zero-order chi connectivity index (χ0) is 53.8. The number of aryl methyl sites for hydroxylation is 2. The Bertz CT molecular complexity index is 3410. The van der Waals surface area contributed by atoms with Crippen molar-refractivity contribution in [2.75, 3.05) is 53.0 Å². The van der Waals surface area contributed by atoms with Crippen molar-refractivity contribution in [1.82, 2.24) is 44.3 Å². The Balaban J connectivity index is 0.000000218. The van der Waals surface area contributed by atoms with E-state index in [-0.39, 0.29) is 78.3 Å². The van der Waals surface area contributed by atoms with Gasteiger partial charge in [0.25, 0.3) is 11.8 Å². The van der Waals surface area contributed by atoms with Gasteiger partial charge < -0.3 is 20.0 Å². The number of sulfonamides is 2. The smallest absolute Gasteiger partial charge is 0.256 e. The van der Waals surface area contributed by atoms with Gasteiger partial charge in [-0.05, 0) is 121 Å². The van der Waals surface area contributed by atoms with Crippen LogP contribution in [0.5, 0.6) is 0 Å². The molecule has 412 valence electrons. The average molecular weight is 1170 g/mol. The predicted molar refractivity (Wildman–Crippen MR) is 302 cm³/mol. The number of nitrogens with one attached hydrogen (secondary N) is 3. The van der Waals surface area contributed by atoms with Gasteiger partial charge in [-0.2, -0.15) is 20.7 Å². The van der Waals surface area contributed by atoms with Gasteiger partial charge in [-0.1, -0.05) is 42.2 Å². The van der Waals surface area contributed by atoms with Crippen LogP contribution in [-0.4, -0.2) is 118 Å². The molecule has 0 saturated carbocycles. The van der Waals surface area contributed by atoms with Crippen LogP contribution in [0.15, 0.2) is 60.9 Å². The summed E-state index contributed by atoms with van der Waals surface area (Å²) in [6, 6.07) is 16.7. The van der Waals surface area contributed by atoms with Crippen molar-refractivity contribution < 1.29 is 26.4 Å². The molecule has 4 fully saturated rings. The fraction of sp³-hybridized carbons (Fsp3) is 0.451. The lowest BCUT2D eigenvalue weighted by Crippen LogP contribution is -2.39. The Kier molecular flexibility index (Phi) is 20.1. The number of halogens is 4. The first-order valence-electron chi connectivity index (χ1n) is 24.6. The Morgan fingerprint density at radius 2 is 1.17 bits per heavy atom. The third kappa shape index (κ3) is 14.6. The van der Waals surface area contributed by atoms with Crippen molar-refractivity contribution in [2.24, 2.45) is 0 Å². The highest BCUT2D eigenvalue weighted by atomic mass is 35.5. The molecule has 2 aromatic carbocycles. The van der Waals surface area contributed by atoms with Crippen LogP contribution < -0.4 is 19.7 Å². The van der Waals surface area contributed by atoms with Crippen LogP contribution >= 0.6 is 47.2 Å². The third-order valence-corrected chi connectivity index (χ3v) is 15.4. The van der Waals surface area contributed by atoms with Crippen LogP contribution in [0, 0.1) is 36.5 Å². The maximum absolute atomic E-state index is 13.8. The molecule has 20 nitrogen and oxygen atoms in total. The number of fused-ring (bicyclic) bond motifs is 2. The molecule has 8 heterocycles. The van der Waals surface area contributed by atoms with Crippen molar-refractivity contribution >= 4 is 108 Å². The molecule has 4 aliphatic heterocycles. The third-order valence-electron chi connectivity index (χ3n) is 13.3. The predicted octanol–water partition coefficient (Wildman–Crippen LogP) is 9.33. The van der Waals surface area contributed by atoms with E-state index in [4.69, 9.17) is 50.1 Å². The summed E-state index contributed by atoms with van der Waals surface area (Å²) in [4.78, 5) is 42.0. The van der Waals surface area contributed by atoms with Crippen molar-refractivity contribution in [2.45, 2.75) is 110 Å². The first kappa shape index (κ1) is 60.3. The molecule has 0 spiro atoms. The maximum atomic E-state index is 13.8. The van der Waals surface area contributed by atoms with E-state index in [0.717, 1.165) is 112 Å². The van der Waals surface area contributed by atoms with Gasteiger partial charge in [-0.25, -0.2) is 35.8 Å². The molecule has 6 aromatic rings. The molecular formula is C51H62Cl4N14O6S2. The van der Waals surface area contributed by atoms with Gasteiger partial charge in [-0.3, -0.25) is 19.0 Å². The molecule has 0 bridgehead atoms. The SMILES string of the molecule is C.Cc1cn2nc([C@@H]3CCCCN3C(=O)c3cc(Cl)ccc3NS(C)(=O)=O)cc2nc1Cl.Cc1cn2nc([C@@H]3CCCCN3C(=O)c3cc(Cl)ccc3NS(C)(=O)=O)cc2nc1N1CCC[C@H]1C#N.Cl.N#C[C@@H]1CCCN1. The lowest BCUT2D eigenvalue weighted by Gasteiger charge is -2.35. The number of nitrogens with zero attached hydrogens (tertiary/aromatic N) is 11. The first-order chi connectivity index (χ1) is 35.7. The topological polar surface area (TPSA) is 256 Å². The van der Waals surface area contributed by atoms with Gasteiger partial charge in [0.05, 0.1) is 76.7 Å². The first-order valence-corrected chi connectivity index (χ1v) is 29.5. The highest BCUT2D eigenvalue weighted by molar-refractivity contribution is 7.92. The number of carbonyl (C=O) groups excluding carboxylic acids is 2. The summed E-state index contributed by atoms with van der Waals surface area (Å²) in [7, 11) is -7.16. The fourth-order valence-electron chi connectivity index (χ4n) is 9.83. The number of carbonyl (C=O) groups is 2. The number of nitriles is 2. The minimum absolute atomic E-state index is 0. The molecule has 4 atom stereocenters. The second kappa shape index (κ2) is 25.7. The maximum Gasteiger partial charge on any atom is 0.256 e. The monoisotopic (exact) mass is 1170 g/mol. The standard InChI is InChI=1S/C25H28ClN7O3S.C20H21Cl2N5O3S.C5H8N2.CH4.ClH/c1-16-15-33-23(28-24(16)31-11-5-6-18(31)14-27)13-21(29-33)22-7-3-4-10-32(22)25(34)19-12-17(26)8-9-20(19)30-37(2,35)36;1-12-11-27-18(23-19(12)22)10-16(24-27)17-5-3-4-8-26(17)20(28)14-9-13(21)6-7-15(14)25-31(2,29)30;6-4-5-2-1-3-7-5;;/h8-9,12-13,15,18,22,30H,3-7,10-11H2,1-2H3;6-7,9-11,17,25H,3-5,8H2,1-2H3;5,7H,1-3H2;1H4;1H/t18-,22-;17-;5-;;/m000../s1. The Labute approximate surface area is 470 Å². The van der Waals surface area contributed by atoms with Crippen LogP contribution in [0.3, 0.4) is 0 Å². The molecule has 26 heteroatoms. The lowest BCUT2D eigenvalue weighted by molar-refractivity contribution is 0.0600. The number of hydrogen-bond acceptors (Lipinski definition) is 14. The van der Waals surface area contributed by atoms with E-state index >= 15 is 0 Å². The van der Waals surface area contributed by atoms with E-state index in [1.165, 1.54) is 24.3 Å². The van der Waals surface area contributed by atoms with Crippen LogP contribution in [0.4, 0.5) is 17.2 Å². The summed E-state index contributed by atoms with van der Waals surface area (Å²) in [5.74, 6) is 0.168. The quantitative estimate of drug-likeness (QED) is 0.114. The average Bonchev–Trinajstić information content (AvgIpc) is 4.24. The number of hydrogen-bond donors (Lipinski definition) is 3. The van der Waals surface area contributed by atoms with Crippen molar-refractivity contribution in [3.63, 3.8) is 0 Å². The highest BCUT2D eigenvalue weighted by Gasteiger charge is 2.35. The zero-order valence-electron chi connectivity index (χ0n) is 42.2. The molecule has 0 aliphatic carbocycles. The molecule has 4 saturated heterocycles. The minimum Gasteiger partial charge on any atom is -0.340 e. The summed E-state index contributed by atoms with van der Waals surface area (Å²) in [6.45, 7) is 6.66. The number of rotatable bonds is 9. The summed E-state index contributed by atoms with van der Waals surface area (Å²) >= 11 is 18.5. The molecule has 10 rings (SSSR count). The van der Waals surface area contributed by atoms with Crippen molar-refractivity contribution in [3.8, 4) is 12.1 Å². The fourth-order valence-corrected chi connectivity index (χ4v) is 11.5. The van der Waals surface area contributed by atoms with Crippen molar-refractivity contribution in [1.29, 1.82) is 10.5 Å². The summed E-state index contributed by atoms with van der Waals surface area (Å²) < 4.78 is 55.6. The molecule has 77 heavy (non-hydrogen) atoms. The largest absolute Gasteiger partial charge is 0.340 e. The second-order valence-corrected chi connectivity index (χ2v) is 23.8. The summed E-state index contributed by atoms with van der Waals surface area (Å²) in [5, 5.41) is 31.3. The molecule has 3 N–H and O–H groups in total. The number of aromatic nitrogens is 6. The van der Waals surface area contributed by atoms with Gasteiger partial charge in [0.1, 0.15) is 17.0 Å². The van der Waals surface area contributed by atoms with Crippen LogP contribution in [-0.2, 0) is 20.0 Å². The number of amides is 2. The van der Waals surface area contributed by atoms with E-state index in [0.29, 0.717) is 45.3 Å². The minimum atomic E-state index is -3.59. The van der Waals surface area contributed by atoms with E-state index in [1.807, 2.05) is 37.1 Å². The number of anilines is 3. The van der Waals surface area contributed by atoms with Gasteiger partial charge in [0.2, 0.25) is 20.0 Å². The van der Waals surface area contributed by atoms with Gasteiger partial charge >= 0.3 is 0 Å². The number of piperidine rings is 2. The summed E-state index contributed by atoms with van der Waals surface area (Å²) in [5.41, 5.74) is 5.19. The molecule has 0 unspecified atom stereocenters. The van der Waals surface area contributed by atoms with E-state index < -0.39 is 20.0 Å². The van der Waals surface area contributed by atoms with Crippen LogP contribution in [0.1, 0.15) is 127 Å². The highest BCUT2D eigenvalue weighted by Crippen LogP contribution is 2.37. The molecular weight excluding hydrogens is 1110 g/mol. The Hall–Kier alpha value is -5.98. The van der Waals surface area contributed by atoms with E-state index in [9.17, 15) is 31.7 Å². The Morgan fingerprint density at radius 1 is 0.662 bits per heavy atom. The number of benzene rings is 2. The van der Waals surface area contributed by atoms with Gasteiger partial charge in [-0.15, -0.1) is 12.4 Å². The Morgan fingerprint density at radius 3 is 1.62 bits per heavy atom. The van der Waals surface area contributed by atoms with Crippen molar-refractivity contribution in [3.05, 3.63) is 110 Å². The molecule has 4 aromatic heterocycles. The van der Waals surface area contributed by atoms with E-state index in [1.54, 1.807) is 37.2 Å². The van der Waals surface area contributed by atoms with E-state index in [2.05, 4.69) is 37.0 Å². The van der Waals surface area contributed by atoms with Crippen LogP contribution in [0.2, 0.25) is 15.2 Å². The molecule has 4 aliphatic rings. The summed E-state index contributed by atoms with van der Waals surface area (Å²) in [6.07, 6.45) is 14.8. The molecule has 2 amide bonds. The normalized spacial score (nSPS) is 19.4. The molecule has 0 radical (unpaired) electrons. The number of likely N-dealkylation sites (tertiary alicyclic amines) is 2. The van der Waals surface area contributed by atoms with Gasteiger partial charge in [0, 0.05) is 65.3 Å². The van der Waals surface area contributed by atoms with Gasteiger partial charge in [0.15, 0.2) is 11.3 Å². The lowest BCUT2D eigenvalue weighted by atomic mass is 9.98. The second-order valence-electron chi connectivity index (χ2n) is 19.1.